The predicted octanol–water partition coefficient (Wildman–Crippen LogP) is 3.69. The summed E-state index contributed by atoms with van der Waals surface area (Å²) in [4.78, 5) is 37.8. The molecule has 0 aliphatic carbocycles. The highest BCUT2D eigenvalue weighted by Crippen LogP contribution is 2.24. The maximum absolute atomic E-state index is 12.5. The molecule has 186 valence electrons. The van der Waals surface area contributed by atoms with E-state index in [4.69, 9.17) is 14.6 Å². The van der Waals surface area contributed by atoms with Crippen molar-refractivity contribution in [3.8, 4) is 22.6 Å². The van der Waals surface area contributed by atoms with Gasteiger partial charge in [-0.1, -0.05) is 0 Å². The summed E-state index contributed by atoms with van der Waals surface area (Å²) < 4.78 is 37.3. The van der Waals surface area contributed by atoms with Crippen LogP contribution in [0.1, 0.15) is 34.6 Å². The molecule has 3 N–H and O–H groups in total. The second-order valence-electron chi connectivity index (χ2n) is 7.84. The zero-order valence-electron chi connectivity index (χ0n) is 19.0. The number of aromatic amines is 1. The normalized spacial score (nSPS) is 15.3. The van der Waals surface area contributed by atoms with Crippen LogP contribution in [0, 0.1) is 13.8 Å². The molecule has 0 aromatic carbocycles. The zero-order chi connectivity index (χ0) is 25.6. The quantitative estimate of drug-likeness (QED) is 0.496. The molecule has 1 fully saturated rings. The lowest BCUT2D eigenvalue weighted by Gasteiger charge is -2.11. The van der Waals surface area contributed by atoms with Crippen LogP contribution in [0.4, 0.5) is 13.2 Å². The summed E-state index contributed by atoms with van der Waals surface area (Å²) in [5.41, 5.74) is 5.04. The van der Waals surface area contributed by atoms with E-state index >= 15 is 0 Å². The number of alkyl halides is 3. The van der Waals surface area contributed by atoms with E-state index < -0.39 is 12.1 Å². The average molecular weight is 491 g/mol. The van der Waals surface area contributed by atoms with Crippen molar-refractivity contribution in [2.45, 2.75) is 39.0 Å². The van der Waals surface area contributed by atoms with E-state index in [0.29, 0.717) is 12.1 Å². The fourth-order valence-corrected chi connectivity index (χ4v) is 3.24. The zero-order valence-corrected chi connectivity index (χ0v) is 19.0. The number of ether oxygens (including phenoxy) is 1. The number of hydrogen-bond acceptors (Lipinski definition) is 6. The monoisotopic (exact) mass is 491 g/mol. The molecule has 0 bridgehead atoms. The Hall–Kier alpha value is -3.80. The van der Waals surface area contributed by atoms with Gasteiger partial charge in [0.25, 0.3) is 5.91 Å². The minimum atomic E-state index is -5.08. The Labute approximate surface area is 198 Å². The number of carboxylic acid groups (broad SMARTS) is 1. The van der Waals surface area contributed by atoms with Crippen LogP contribution in [0.5, 0.6) is 0 Å². The Balaban J connectivity index is 0.000000429. The van der Waals surface area contributed by atoms with Crippen LogP contribution in [0.15, 0.2) is 36.8 Å². The molecule has 0 radical (unpaired) electrons. The lowest BCUT2D eigenvalue weighted by Crippen LogP contribution is -2.31. The molecule has 3 aromatic heterocycles. The number of pyridine rings is 2. The van der Waals surface area contributed by atoms with Crippen molar-refractivity contribution in [3.63, 3.8) is 0 Å². The highest BCUT2D eigenvalue weighted by Gasteiger charge is 2.38. The third-order valence-corrected chi connectivity index (χ3v) is 5.22. The fraction of sp³-hybridized carbons (Fsp3) is 0.348. The van der Waals surface area contributed by atoms with Gasteiger partial charge in [0.1, 0.15) is 5.69 Å². The number of nitrogens with one attached hydrogen (secondary N) is 2. The van der Waals surface area contributed by atoms with Crippen molar-refractivity contribution in [1.29, 1.82) is 0 Å². The Morgan fingerprint density at radius 1 is 1.23 bits per heavy atom. The van der Waals surface area contributed by atoms with Crippen LogP contribution in [-0.4, -0.2) is 62.4 Å². The molecule has 4 heterocycles. The highest BCUT2D eigenvalue weighted by atomic mass is 19.4. The van der Waals surface area contributed by atoms with E-state index in [2.05, 4.69) is 25.3 Å². The lowest BCUT2D eigenvalue weighted by molar-refractivity contribution is -0.192. The van der Waals surface area contributed by atoms with Crippen molar-refractivity contribution in [2.24, 2.45) is 0 Å². The first-order valence-electron chi connectivity index (χ1n) is 10.7. The number of aromatic nitrogens is 4. The molecule has 3 aromatic rings. The van der Waals surface area contributed by atoms with E-state index in [1.807, 2.05) is 32.0 Å². The van der Waals surface area contributed by atoms with Gasteiger partial charge in [-0.05, 0) is 50.5 Å². The molecule has 9 nitrogen and oxygen atoms in total. The number of carbonyl (C=O) groups excluding carboxylic acids is 1. The number of aliphatic carboxylic acids is 1. The SMILES string of the molecule is Cc1nc(-c2cc(-c3cncc(C(=O)NCC4CCCO4)c3)ccn2)[nH]c1C.O=C(O)C(F)(F)F. The van der Waals surface area contributed by atoms with Gasteiger partial charge in [0.15, 0.2) is 5.82 Å². The van der Waals surface area contributed by atoms with E-state index in [1.165, 1.54) is 0 Å². The predicted molar refractivity (Wildman–Crippen MR) is 120 cm³/mol. The van der Waals surface area contributed by atoms with E-state index in [1.54, 1.807) is 18.6 Å². The van der Waals surface area contributed by atoms with Crippen molar-refractivity contribution in [3.05, 3.63) is 53.7 Å². The summed E-state index contributed by atoms with van der Waals surface area (Å²) in [5.74, 6) is -2.17. The first-order valence-corrected chi connectivity index (χ1v) is 10.7. The van der Waals surface area contributed by atoms with Gasteiger partial charge < -0.3 is 20.1 Å². The molecular weight excluding hydrogens is 467 g/mol. The molecular formula is C23H24F3N5O4. The standard InChI is InChI=1S/C21H23N5O2.C2HF3O2/c1-13-14(2)26-20(25-13)19-9-15(5-6-23-19)16-8-17(11-22-10-16)21(27)24-12-18-4-3-7-28-18;3-2(4,5)1(6)7/h5-6,8-11,18H,3-4,7,12H2,1-2H3,(H,24,27)(H,25,26);(H,6,7). The van der Waals surface area contributed by atoms with E-state index in [9.17, 15) is 18.0 Å². The smallest absolute Gasteiger partial charge is 0.475 e. The number of nitrogens with zero attached hydrogens (tertiary/aromatic N) is 3. The third kappa shape index (κ3) is 7.09. The van der Waals surface area contributed by atoms with Gasteiger partial charge in [0.05, 0.1) is 17.4 Å². The number of hydrogen-bond donors (Lipinski definition) is 3. The number of rotatable bonds is 5. The molecule has 1 atom stereocenters. The van der Waals surface area contributed by atoms with Gasteiger partial charge in [-0.3, -0.25) is 14.8 Å². The van der Waals surface area contributed by atoms with Gasteiger partial charge in [0.2, 0.25) is 0 Å². The number of amides is 1. The molecule has 4 rings (SSSR count). The Kier molecular flexibility index (Phi) is 8.18. The van der Waals surface area contributed by atoms with Crippen LogP contribution < -0.4 is 5.32 Å². The molecule has 0 saturated carbocycles. The van der Waals surface area contributed by atoms with Gasteiger partial charge in [-0.15, -0.1) is 0 Å². The minimum Gasteiger partial charge on any atom is -0.475 e. The first kappa shape index (κ1) is 25.8. The van der Waals surface area contributed by atoms with Crippen molar-refractivity contribution in [2.75, 3.05) is 13.2 Å². The van der Waals surface area contributed by atoms with Crippen LogP contribution >= 0.6 is 0 Å². The van der Waals surface area contributed by atoms with Crippen LogP contribution in [-0.2, 0) is 9.53 Å². The fourth-order valence-electron chi connectivity index (χ4n) is 3.24. The molecule has 1 amide bonds. The Morgan fingerprint density at radius 2 is 1.97 bits per heavy atom. The van der Waals surface area contributed by atoms with Gasteiger partial charge in [-0.2, -0.15) is 13.2 Å². The lowest BCUT2D eigenvalue weighted by atomic mass is 10.1. The maximum Gasteiger partial charge on any atom is 0.490 e. The number of carbonyl (C=O) groups is 2. The average Bonchev–Trinajstić information content (AvgIpc) is 3.47. The van der Waals surface area contributed by atoms with Crippen molar-refractivity contribution in [1.82, 2.24) is 25.3 Å². The van der Waals surface area contributed by atoms with Gasteiger partial charge in [-0.25, -0.2) is 9.78 Å². The third-order valence-electron chi connectivity index (χ3n) is 5.22. The number of imidazole rings is 1. The number of halogens is 3. The number of aryl methyl sites for hydroxylation is 2. The van der Waals surface area contributed by atoms with E-state index in [0.717, 1.165) is 53.5 Å². The molecule has 12 heteroatoms. The number of H-pyrrole nitrogens is 1. The second kappa shape index (κ2) is 11.1. The van der Waals surface area contributed by atoms with Gasteiger partial charge >= 0.3 is 12.1 Å². The summed E-state index contributed by atoms with van der Waals surface area (Å²) in [6.45, 7) is 5.25. The Morgan fingerprint density at radius 3 is 2.57 bits per heavy atom. The number of carboxylic acids is 1. The Bertz CT molecular complexity index is 1170. The highest BCUT2D eigenvalue weighted by molar-refractivity contribution is 5.95. The first-order chi connectivity index (χ1) is 16.5. The second-order valence-corrected chi connectivity index (χ2v) is 7.84. The topological polar surface area (TPSA) is 130 Å². The van der Waals surface area contributed by atoms with Crippen molar-refractivity contribution >= 4 is 11.9 Å². The van der Waals surface area contributed by atoms with Crippen LogP contribution in [0.25, 0.3) is 22.6 Å². The van der Waals surface area contributed by atoms with Crippen LogP contribution in [0.2, 0.25) is 0 Å². The summed E-state index contributed by atoms with van der Waals surface area (Å²) >= 11 is 0. The summed E-state index contributed by atoms with van der Waals surface area (Å²) in [5, 5.41) is 10.1. The molecule has 1 aliphatic rings. The van der Waals surface area contributed by atoms with Gasteiger partial charge in [0, 0.05) is 43.0 Å². The molecule has 1 aliphatic heterocycles. The van der Waals surface area contributed by atoms with Crippen LogP contribution in [0.3, 0.4) is 0 Å². The van der Waals surface area contributed by atoms with E-state index in [-0.39, 0.29) is 12.0 Å². The summed E-state index contributed by atoms with van der Waals surface area (Å²) in [6, 6.07) is 5.69. The molecule has 1 unspecified atom stereocenters. The molecule has 35 heavy (non-hydrogen) atoms. The maximum atomic E-state index is 12.5. The minimum absolute atomic E-state index is 0.114. The summed E-state index contributed by atoms with van der Waals surface area (Å²) in [6.07, 6.45) is 2.13. The largest absolute Gasteiger partial charge is 0.490 e. The molecule has 0 spiro atoms. The van der Waals surface area contributed by atoms with Crippen molar-refractivity contribution < 1.29 is 32.6 Å². The molecule has 1 saturated heterocycles. The summed E-state index contributed by atoms with van der Waals surface area (Å²) in [7, 11) is 0.